The van der Waals surface area contributed by atoms with Gasteiger partial charge in [-0.3, -0.25) is 0 Å². The van der Waals surface area contributed by atoms with Crippen molar-refractivity contribution in [2.75, 3.05) is 6.54 Å². The predicted octanol–water partition coefficient (Wildman–Crippen LogP) is 0.654. The van der Waals surface area contributed by atoms with Crippen molar-refractivity contribution in [1.82, 2.24) is 0 Å². The van der Waals surface area contributed by atoms with E-state index in [0.717, 1.165) is 19.3 Å². The molecule has 2 bridgehead atoms. The summed E-state index contributed by atoms with van der Waals surface area (Å²) < 4.78 is 5.77. The molecule has 0 aromatic heterocycles. The summed E-state index contributed by atoms with van der Waals surface area (Å²) in [5, 5.41) is 10.1. The summed E-state index contributed by atoms with van der Waals surface area (Å²) in [6, 6.07) is 0. The number of ether oxygens (including phenoxy) is 1. The molecular formula is C10H19NO2. The van der Waals surface area contributed by atoms with Crippen LogP contribution in [-0.4, -0.2) is 29.5 Å². The summed E-state index contributed by atoms with van der Waals surface area (Å²) in [4.78, 5) is 0. The maximum atomic E-state index is 10.1. The minimum atomic E-state index is -0.721. The fourth-order valence-electron chi connectivity index (χ4n) is 2.91. The summed E-state index contributed by atoms with van der Waals surface area (Å²) >= 11 is 0. The van der Waals surface area contributed by atoms with Gasteiger partial charge < -0.3 is 15.6 Å². The molecule has 2 saturated heterocycles. The van der Waals surface area contributed by atoms with Crippen LogP contribution >= 0.6 is 0 Å². The van der Waals surface area contributed by atoms with Crippen LogP contribution in [0.25, 0.3) is 0 Å². The van der Waals surface area contributed by atoms with Gasteiger partial charge in [-0.15, -0.1) is 0 Å². The van der Waals surface area contributed by atoms with Crippen molar-refractivity contribution < 1.29 is 9.84 Å². The Bertz CT molecular complexity index is 211. The smallest absolute Gasteiger partial charge is 0.0685 e. The van der Waals surface area contributed by atoms with E-state index in [-0.39, 0.29) is 11.5 Å². The first-order valence-electron chi connectivity index (χ1n) is 5.07. The molecule has 2 aliphatic heterocycles. The van der Waals surface area contributed by atoms with E-state index in [9.17, 15) is 5.11 Å². The fraction of sp³-hybridized carbons (Fsp3) is 1.00. The molecule has 2 rings (SSSR count). The topological polar surface area (TPSA) is 55.5 Å². The van der Waals surface area contributed by atoms with Gasteiger partial charge in [0.05, 0.1) is 17.8 Å². The molecule has 3 unspecified atom stereocenters. The number of hydrogen-bond donors (Lipinski definition) is 2. The van der Waals surface area contributed by atoms with Gasteiger partial charge in [0.25, 0.3) is 0 Å². The molecule has 3 nitrogen and oxygen atoms in total. The largest absolute Gasteiger partial charge is 0.390 e. The van der Waals surface area contributed by atoms with Crippen LogP contribution in [0.4, 0.5) is 0 Å². The molecule has 2 heterocycles. The molecule has 2 fully saturated rings. The minimum absolute atomic E-state index is 0.183. The average molecular weight is 185 g/mol. The van der Waals surface area contributed by atoms with E-state index in [1.54, 1.807) is 0 Å². The molecule has 0 aromatic rings. The maximum absolute atomic E-state index is 10.1. The summed E-state index contributed by atoms with van der Waals surface area (Å²) in [6.07, 6.45) is 3.66. The lowest BCUT2D eigenvalue weighted by Crippen LogP contribution is -2.54. The number of fused-ring (bicyclic) bond motifs is 2. The van der Waals surface area contributed by atoms with Gasteiger partial charge in [0.1, 0.15) is 0 Å². The van der Waals surface area contributed by atoms with Crippen molar-refractivity contribution >= 4 is 0 Å². The molecule has 0 radical (unpaired) electrons. The first kappa shape index (κ1) is 9.44. The van der Waals surface area contributed by atoms with Gasteiger partial charge in [0.2, 0.25) is 0 Å². The number of hydrogen-bond acceptors (Lipinski definition) is 3. The molecule has 0 spiro atoms. The van der Waals surface area contributed by atoms with Crippen LogP contribution in [0, 0.1) is 5.41 Å². The molecular weight excluding hydrogens is 166 g/mol. The standard InChI is InChI=1S/C10H19NO2/c1-9(2,12)10(6-11)5-7-3-4-8(10)13-7/h7-8,12H,3-6,11H2,1-2H3. The SMILES string of the molecule is CC(C)(O)C1(CN)CC2CCC1O2. The lowest BCUT2D eigenvalue weighted by molar-refractivity contribution is -0.0859. The van der Waals surface area contributed by atoms with Crippen molar-refractivity contribution in [2.45, 2.75) is 50.9 Å². The Morgan fingerprint density at radius 3 is 2.46 bits per heavy atom. The van der Waals surface area contributed by atoms with Gasteiger partial charge >= 0.3 is 0 Å². The van der Waals surface area contributed by atoms with Crippen molar-refractivity contribution in [1.29, 1.82) is 0 Å². The van der Waals surface area contributed by atoms with Gasteiger partial charge in [0, 0.05) is 12.0 Å². The number of aliphatic hydroxyl groups is 1. The number of nitrogens with two attached hydrogens (primary N) is 1. The van der Waals surface area contributed by atoms with Gasteiger partial charge in [-0.1, -0.05) is 0 Å². The summed E-state index contributed by atoms with van der Waals surface area (Å²) in [7, 11) is 0. The third-order valence-electron chi connectivity index (χ3n) is 3.90. The highest BCUT2D eigenvalue weighted by atomic mass is 16.5. The van der Waals surface area contributed by atoms with Gasteiger partial charge in [-0.2, -0.15) is 0 Å². The van der Waals surface area contributed by atoms with Crippen LogP contribution < -0.4 is 5.73 Å². The van der Waals surface area contributed by atoms with Crippen molar-refractivity contribution in [3.05, 3.63) is 0 Å². The van der Waals surface area contributed by atoms with Gasteiger partial charge in [-0.25, -0.2) is 0 Å². The molecule has 13 heavy (non-hydrogen) atoms. The molecule has 3 N–H and O–H groups in total. The predicted molar refractivity (Wildman–Crippen MR) is 50.3 cm³/mol. The molecule has 3 heteroatoms. The molecule has 2 aliphatic rings. The second-order valence-electron chi connectivity index (χ2n) is 4.95. The normalized spacial score (nSPS) is 44.3. The lowest BCUT2D eigenvalue weighted by atomic mass is 9.64. The molecule has 76 valence electrons. The van der Waals surface area contributed by atoms with E-state index in [4.69, 9.17) is 10.5 Å². The summed E-state index contributed by atoms with van der Waals surface area (Å²) in [5.74, 6) is 0. The van der Waals surface area contributed by atoms with E-state index in [1.165, 1.54) is 0 Å². The van der Waals surface area contributed by atoms with Crippen LogP contribution in [0.5, 0.6) is 0 Å². The number of rotatable bonds is 2. The quantitative estimate of drug-likeness (QED) is 0.664. The molecule has 3 atom stereocenters. The third kappa shape index (κ3) is 1.14. The first-order chi connectivity index (χ1) is 5.99. The van der Waals surface area contributed by atoms with Crippen LogP contribution in [0.3, 0.4) is 0 Å². The van der Waals surface area contributed by atoms with Crippen molar-refractivity contribution in [2.24, 2.45) is 11.1 Å². The average Bonchev–Trinajstić information content (AvgIpc) is 2.60. The molecule has 0 aromatic carbocycles. The van der Waals surface area contributed by atoms with E-state index < -0.39 is 5.60 Å². The van der Waals surface area contributed by atoms with E-state index >= 15 is 0 Å². The second kappa shape index (κ2) is 2.69. The Balaban J connectivity index is 2.27. The third-order valence-corrected chi connectivity index (χ3v) is 3.90. The summed E-state index contributed by atoms with van der Waals surface area (Å²) in [5.41, 5.74) is 4.88. The first-order valence-corrected chi connectivity index (χ1v) is 5.07. The highest BCUT2D eigenvalue weighted by molar-refractivity contribution is 5.08. The monoisotopic (exact) mass is 185 g/mol. The Labute approximate surface area is 79.3 Å². The van der Waals surface area contributed by atoms with Crippen LogP contribution in [0.15, 0.2) is 0 Å². The maximum Gasteiger partial charge on any atom is 0.0685 e. The minimum Gasteiger partial charge on any atom is -0.390 e. The highest BCUT2D eigenvalue weighted by Crippen LogP contribution is 2.52. The van der Waals surface area contributed by atoms with E-state index in [0.29, 0.717) is 12.6 Å². The van der Waals surface area contributed by atoms with E-state index in [1.807, 2.05) is 13.8 Å². The van der Waals surface area contributed by atoms with Crippen LogP contribution in [0.2, 0.25) is 0 Å². The Hall–Kier alpha value is -0.120. The van der Waals surface area contributed by atoms with E-state index in [2.05, 4.69) is 0 Å². The van der Waals surface area contributed by atoms with Gasteiger partial charge in [-0.05, 0) is 33.1 Å². The zero-order valence-electron chi connectivity index (χ0n) is 8.42. The molecule has 0 amide bonds. The van der Waals surface area contributed by atoms with Crippen LogP contribution in [0.1, 0.15) is 33.1 Å². The molecule has 0 saturated carbocycles. The Morgan fingerprint density at radius 2 is 2.23 bits per heavy atom. The fourth-order valence-corrected chi connectivity index (χ4v) is 2.91. The zero-order chi connectivity index (χ0) is 9.69. The summed E-state index contributed by atoms with van der Waals surface area (Å²) in [6.45, 7) is 4.23. The Kier molecular flexibility index (Phi) is 1.95. The van der Waals surface area contributed by atoms with Gasteiger partial charge in [0.15, 0.2) is 0 Å². The van der Waals surface area contributed by atoms with Crippen LogP contribution in [-0.2, 0) is 4.74 Å². The molecule has 0 aliphatic carbocycles. The second-order valence-corrected chi connectivity index (χ2v) is 4.95. The lowest BCUT2D eigenvalue weighted by Gasteiger charge is -2.43. The van der Waals surface area contributed by atoms with Crippen molar-refractivity contribution in [3.8, 4) is 0 Å². The zero-order valence-corrected chi connectivity index (χ0v) is 8.42. The highest BCUT2D eigenvalue weighted by Gasteiger charge is 2.58. The Morgan fingerprint density at radius 1 is 1.54 bits per heavy atom. The van der Waals surface area contributed by atoms with Crippen molar-refractivity contribution in [3.63, 3.8) is 0 Å².